The van der Waals surface area contributed by atoms with Gasteiger partial charge in [0.25, 0.3) is 5.69 Å². The van der Waals surface area contributed by atoms with Gasteiger partial charge in [-0.1, -0.05) is 6.92 Å². The van der Waals surface area contributed by atoms with Crippen LogP contribution in [0.15, 0.2) is 22.7 Å². The summed E-state index contributed by atoms with van der Waals surface area (Å²) in [6.07, 6.45) is 1.67. The lowest BCUT2D eigenvalue weighted by molar-refractivity contribution is -0.384. The minimum absolute atomic E-state index is 0.0124. The van der Waals surface area contributed by atoms with Crippen LogP contribution in [-0.4, -0.2) is 30.0 Å². The third-order valence-electron chi connectivity index (χ3n) is 3.32. The molecule has 7 heteroatoms. The zero-order valence-electron chi connectivity index (χ0n) is 11.1. The second kappa shape index (κ2) is 6.32. The van der Waals surface area contributed by atoms with Crippen molar-refractivity contribution in [3.8, 4) is 0 Å². The molecule has 1 aromatic carbocycles. The van der Waals surface area contributed by atoms with E-state index in [1.54, 1.807) is 11.0 Å². The van der Waals surface area contributed by atoms with Crippen LogP contribution in [0.3, 0.4) is 0 Å². The number of non-ortho nitro benzene ring substituents is 1. The number of hydrogen-bond donors (Lipinski definition) is 1. The molecule has 0 bridgehead atoms. The molecule has 0 radical (unpaired) electrons. The maximum Gasteiger partial charge on any atom is 0.271 e. The van der Waals surface area contributed by atoms with Crippen molar-refractivity contribution in [2.75, 3.05) is 18.0 Å². The third-order valence-corrected chi connectivity index (χ3v) is 3.99. The maximum absolute atomic E-state index is 12.4. The first-order chi connectivity index (χ1) is 9.54. The highest BCUT2D eigenvalue weighted by Gasteiger charge is 2.30. The molecular formula is C13H16BrN3O3. The van der Waals surface area contributed by atoms with Crippen molar-refractivity contribution >= 4 is 33.2 Å². The first kappa shape index (κ1) is 14.9. The fourth-order valence-electron chi connectivity index (χ4n) is 2.37. The topological polar surface area (TPSA) is 75.5 Å². The van der Waals surface area contributed by atoms with Crippen molar-refractivity contribution in [2.45, 2.75) is 25.8 Å². The quantitative estimate of drug-likeness (QED) is 0.674. The Morgan fingerprint density at radius 2 is 2.30 bits per heavy atom. The number of anilines is 1. The molecule has 6 nitrogen and oxygen atoms in total. The van der Waals surface area contributed by atoms with Crippen LogP contribution in [0.2, 0.25) is 0 Å². The minimum atomic E-state index is -0.452. The van der Waals surface area contributed by atoms with E-state index in [1.807, 2.05) is 6.92 Å². The molecule has 1 atom stereocenters. The van der Waals surface area contributed by atoms with Crippen LogP contribution in [0.5, 0.6) is 0 Å². The van der Waals surface area contributed by atoms with E-state index >= 15 is 0 Å². The van der Waals surface area contributed by atoms with Crippen LogP contribution >= 0.6 is 15.9 Å². The van der Waals surface area contributed by atoms with E-state index in [2.05, 4.69) is 21.2 Å². The second-order valence-electron chi connectivity index (χ2n) is 4.64. The average Bonchev–Trinajstić information content (AvgIpc) is 2.42. The number of benzene rings is 1. The van der Waals surface area contributed by atoms with E-state index in [0.29, 0.717) is 16.7 Å². The number of halogens is 1. The molecule has 1 aliphatic rings. The number of nitro groups is 1. The van der Waals surface area contributed by atoms with E-state index in [4.69, 9.17) is 0 Å². The van der Waals surface area contributed by atoms with E-state index in [9.17, 15) is 14.9 Å². The number of nitro benzene ring substituents is 1. The van der Waals surface area contributed by atoms with E-state index in [0.717, 1.165) is 19.4 Å². The molecule has 0 spiro atoms. The number of carbonyl (C=O) groups is 1. The van der Waals surface area contributed by atoms with Gasteiger partial charge in [0.15, 0.2) is 0 Å². The first-order valence-electron chi connectivity index (χ1n) is 6.53. The van der Waals surface area contributed by atoms with Crippen LogP contribution in [0.4, 0.5) is 11.4 Å². The molecule has 0 aliphatic carbocycles. The van der Waals surface area contributed by atoms with E-state index < -0.39 is 4.92 Å². The van der Waals surface area contributed by atoms with Crippen LogP contribution in [-0.2, 0) is 4.79 Å². The third kappa shape index (κ3) is 2.99. The lowest BCUT2D eigenvalue weighted by Gasteiger charge is -2.33. The van der Waals surface area contributed by atoms with Crippen molar-refractivity contribution in [3.05, 3.63) is 32.8 Å². The molecule has 20 heavy (non-hydrogen) atoms. The van der Waals surface area contributed by atoms with E-state index in [1.165, 1.54) is 12.1 Å². The monoisotopic (exact) mass is 341 g/mol. The molecule has 1 unspecified atom stereocenters. The van der Waals surface area contributed by atoms with Crippen molar-refractivity contribution in [1.29, 1.82) is 0 Å². The Bertz CT molecular complexity index is 534. The van der Waals surface area contributed by atoms with Crippen molar-refractivity contribution in [2.24, 2.45) is 0 Å². The van der Waals surface area contributed by atoms with Crippen molar-refractivity contribution in [1.82, 2.24) is 5.32 Å². The smallest absolute Gasteiger partial charge is 0.271 e. The number of rotatable bonds is 4. The summed E-state index contributed by atoms with van der Waals surface area (Å²) >= 11 is 3.36. The predicted octanol–water partition coefficient (Wildman–Crippen LogP) is 2.46. The fraction of sp³-hybridized carbons (Fsp3) is 0.462. The van der Waals surface area contributed by atoms with E-state index in [-0.39, 0.29) is 17.6 Å². The lowest BCUT2D eigenvalue weighted by atomic mass is 10.0. The second-order valence-corrected chi connectivity index (χ2v) is 5.49. The molecule has 1 heterocycles. The van der Waals surface area contributed by atoms with Crippen LogP contribution in [0.1, 0.15) is 19.8 Å². The van der Waals surface area contributed by atoms with Gasteiger partial charge in [-0.3, -0.25) is 14.9 Å². The summed E-state index contributed by atoms with van der Waals surface area (Å²) in [4.78, 5) is 24.5. The Morgan fingerprint density at radius 1 is 1.55 bits per heavy atom. The van der Waals surface area contributed by atoms with Crippen molar-refractivity contribution in [3.63, 3.8) is 0 Å². The number of amides is 1. The average molecular weight is 342 g/mol. The number of nitrogens with one attached hydrogen (secondary N) is 1. The van der Waals surface area contributed by atoms with Crippen LogP contribution in [0.25, 0.3) is 0 Å². The number of hydrogen-bond acceptors (Lipinski definition) is 4. The molecule has 1 fully saturated rings. The summed E-state index contributed by atoms with van der Waals surface area (Å²) in [5.41, 5.74) is 0.549. The highest BCUT2D eigenvalue weighted by molar-refractivity contribution is 9.10. The summed E-state index contributed by atoms with van der Waals surface area (Å²) in [6.45, 7) is 3.26. The molecule has 108 valence electrons. The molecule has 1 amide bonds. The highest BCUT2D eigenvalue weighted by atomic mass is 79.9. The van der Waals surface area contributed by atoms with Gasteiger partial charge >= 0.3 is 0 Å². The molecule has 0 aromatic heterocycles. The summed E-state index contributed by atoms with van der Waals surface area (Å²) in [6, 6.07) is 4.26. The summed E-state index contributed by atoms with van der Waals surface area (Å²) in [7, 11) is 0. The molecule has 2 rings (SSSR count). The van der Waals surface area contributed by atoms with Gasteiger partial charge in [0, 0.05) is 23.2 Å². The SMILES string of the molecule is CCNC1CCCN(c2cc([N+](=O)[O-])ccc2Br)C1=O. The van der Waals surface area contributed by atoms with Gasteiger partial charge in [-0.15, -0.1) is 0 Å². The zero-order valence-corrected chi connectivity index (χ0v) is 12.7. The Balaban J connectivity index is 2.32. The number of likely N-dealkylation sites (N-methyl/N-ethyl adjacent to an activating group) is 1. The number of piperidine rings is 1. The van der Waals surface area contributed by atoms with Gasteiger partial charge in [-0.2, -0.15) is 0 Å². The maximum atomic E-state index is 12.4. The van der Waals surface area contributed by atoms with Gasteiger partial charge in [-0.25, -0.2) is 0 Å². The standard InChI is InChI=1S/C13H16BrN3O3/c1-2-15-11-4-3-7-16(13(11)18)12-8-9(17(19)20)5-6-10(12)14/h5-6,8,11,15H,2-4,7H2,1H3. The summed E-state index contributed by atoms with van der Waals surface area (Å²) in [5, 5.41) is 14.0. The molecule has 0 saturated carbocycles. The van der Waals surface area contributed by atoms with Gasteiger partial charge in [-0.05, 0) is 41.4 Å². The highest BCUT2D eigenvalue weighted by Crippen LogP contribution is 2.32. The van der Waals surface area contributed by atoms with Gasteiger partial charge < -0.3 is 10.2 Å². The molecular weight excluding hydrogens is 326 g/mol. The molecule has 1 aromatic rings. The predicted molar refractivity (Wildman–Crippen MR) is 79.8 cm³/mol. The number of nitrogens with zero attached hydrogens (tertiary/aromatic N) is 2. The minimum Gasteiger partial charge on any atom is -0.310 e. The molecule has 1 aliphatic heterocycles. The van der Waals surface area contributed by atoms with Crippen LogP contribution < -0.4 is 10.2 Å². The largest absolute Gasteiger partial charge is 0.310 e. The zero-order chi connectivity index (χ0) is 14.7. The lowest BCUT2D eigenvalue weighted by Crippen LogP contribution is -2.50. The summed E-state index contributed by atoms with van der Waals surface area (Å²) < 4.78 is 0.689. The van der Waals surface area contributed by atoms with Crippen LogP contribution in [0, 0.1) is 10.1 Å². The molecule has 1 N–H and O–H groups in total. The normalized spacial score (nSPS) is 19.2. The Labute approximate surface area is 125 Å². The van der Waals surface area contributed by atoms with Gasteiger partial charge in [0.05, 0.1) is 16.7 Å². The Morgan fingerprint density at radius 3 is 2.95 bits per heavy atom. The van der Waals surface area contributed by atoms with Gasteiger partial charge in [0.1, 0.15) is 0 Å². The first-order valence-corrected chi connectivity index (χ1v) is 7.32. The Hall–Kier alpha value is -1.47. The summed E-state index contributed by atoms with van der Waals surface area (Å²) in [5.74, 6) is -0.0284. The number of carbonyl (C=O) groups excluding carboxylic acids is 1. The van der Waals surface area contributed by atoms with Gasteiger partial charge in [0.2, 0.25) is 5.91 Å². The van der Waals surface area contributed by atoms with Crippen molar-refractivity contribution < 1.29 is 9.72 Å². The fourth-order valence-corrected chi connectivity index (χ4v) is 2.83. The Kier molecular flexibility index (Phi) is 4.72. The molecule has 1 saturated heterocycles.